The van der Waals surface area contributed by atoms with Gasteiger partial charge in [0.1, 0.15) is 13.6 Å². The smallest absolute Gasteiger partial charge is 0.212 e. The molecule has 4 nitrogen and oxygen atoms in total. The van der Waals surface area contributed by atoms with Gasteiger partial charge in [-0.2, -0.15) is 0 Å². The molecule has 0 spiro atoms. The molecule has 0 saturated heterocycles. The number of imidazole rings is 1. The van der Waals surface area contributed by atoms with Crippen molar-refractivity contribution in [2.45, 2.75) is 27.3 Å². The maximum Gasteiger partial charge on any atom is 0.212 e. The van der Waals surface area contributed by atoms with Crippen LogP contribution in [-0.4, -0.2) is 23.2 Å². The van der Waals surface area contributed by atoms with Crippen LogP contribution in [0.4, 0.5) is 0 Å². The molecule has 0 unspecified atom stereocenters. The molecule has 0 amide bonds. The van der Waals surface area contributed by atoms with Crippen molar-refractivity contribution < 1.29 is 9.53 Å². The highest BCUT2D eigenvalue weighted by atomic mass is 16.5. The number of hydrogen-bond acceptors (Lipinski definition) is 3. The molecule has 1 heterocycles. The zero-order valence-electron chi connectivity index (χ0n) is 11.3. The van der Waals surface area contributed by atoms with E-state index < -0.39 is 0 Å². The van der Waals surface area contributed by atoms with E-state index in [1.54, 1.807) is 4.57 Å². The van der Waals surface area contributed by atoms with E-state index in [0.717, 1.165) is 5.56 Å². The van der Waals surface area contributed by atoms with Crippen LogP contribution in [0, 0.1) is 6.92 Å². The van der Waals surface area contributed by atoms with Gasteiger partial charge in [-0.15, -0.1) is 0 Å². The Bertz CT molecular complexity index is 603. The van der Waals surface area contributed by atoms with Crippen molar-refractivity contribution in [1.82, 2.24) is 9.55 Å². The van der Waals surface area contributed by atoms with Gasteiger partial charge in [0.25, 0.3) is 0 Å². The highest BCUT2D eigenvalue weighted by molar-refractivity contribution is 6.32. The molecule has 1 aromatic carbocycles. The van der Waals surface area contributed by atoms with Gasteiger partial charge in [0.05, 0.1) is 0 Å². The van der Waals surface area contributed by atoms with Crippen molar-refractivity contribution in [2.24, 2.45) is 0 Å². The van der Waals surface area contributed by atoms with Crippen LogP contribution in [0.1, 0.15) is 30.0 Å². The second-order valence-electron chi connectivity index (χ2n) is 4.34. The fraction of sp³-hybridized carbons (Fsp3) is 0.286. The van der Waals surface area contributed by atoms with Crippen molar-refractivity contribution in [2.75, 3.05) is 0 Å². The number of ketones is 1. The minimum Gasteiger partial charge on any atom is -0.440 e. The van der Waals surface area contributed by atoms with Crippen LogP contribution in [-0.2, 0) is 6.54 Å². The summed E-state index contributed by atoms with van der Waals surface area (Å²) in [6.45, 7) is 5.95. The third-order valence-electron chi connectivity index (χ3n) is 2.81. The second kappa shape index (κ2) is 5.30. The number of hydrogen-bond donors (Lipinski definition) is 0. The molecule has 2 radical (unpaired) electrons. The lowest BCUT2D eigenvalue weighted by Crippen LogP contribution is -2.09. The van der Waals surface area contributed by atoms with Crippen LogP contribution < -0.4 is 10.3 Å². The van der Waals surface area contributed by atoms with Crippen LogP contribution in [0.3, 0.4) is 0 Å². The Morgan fingerprint density at radius 1 is 1.37 bits per heavy atom. The molecule has 0 aliphatic carbocycles. The van der Waals surface area contributed by atoms with Gasteiger partial charge in [-0.25, -0.2) is 4.98 Å². The summed E-state index contributed by atoms with van der Waals surface area (Å²) < 4.78 is 7.42. The molecule has 19 heavy (non-hydrogen) atoms. The molecule has 1 aromatic heterocycles. The number of Topliss-reactive ketones (excluding diaryl/α,β-unsaturated/α-hetero) is 1. The number of nitrogens with zero attached hydrogens (tertiary/aromatic N) is 2. The van der Waals surface area contributed by atoms with E-state index in [4.69, 9.17) is 12.6 Å². The van der Waals surface area contributed by atoms with Gasteiger partial charge in [-0.1, -0.05) is 17.7 Å². The highest BCUT2D eigenvalue weighted by Crippen LogP contribution is 2.21. The second-order valence-corrected chi connectivity index (χ2v) is 4.34. The summed E-state index contributed by atoms with van der Waals surface area (Å²) in [6.07, 6.45) is 0. The van der Waals surface area contributed by atoms with Crippen LogP contribution >= 0.6 is 0 Å². The maximum atomic E-state index is 11.5. The molecule has 0 aliphatic rings. The van der Waals surface area contributed by atoms with Crippen molar-refractivity contribution >= 4 is 19.2 Å². The molecule has 2 rings (SSSR count). The number of carbonyl (C=O) groups excluding carboxylic acids is 1. The summed E-state index contributed by atoms with van der Waals surface area (Å²) in [5.41, 5.74) is 1.38. The summed E-state index contributed by atoms with van der Waals surface area (Å²) in [5.74, 6) is 1.27. The predicted molar refractivity (Wildman–Crippen MR) is 74.5 cm³/mol. The van der Waals surface area contributed by atoms with Crippen molar-refractivity contribution in [1.29, 1.82) is 0 Å². The molecule has 5 heteroatoms. The third kappa shape index (κ3) is 2.70. The van der Waals surface area contributed by atoms with Crippen LogP contribution in [0.5, 0.6) is 11.6 Å². The van der Waals surface area contributed by atoms with Crippen molar-refractivity contribution in [3.63, 3.8) is 0 Å². The lowest BCUT2D eigenvalue weighted by atomic mass is 10.1. The van der Waals surface area contributed by atoms with E-state index in [1.807, 2.05) is 38.1 Å². The summed E-state index contributed by atoms with van der Waals surface area (Å²) in [4.78, 5) is 15.6. The van der Waals surface area contributed by atoms with E-state index in [0.29, 0.717) is 24.0 Å². The van der Waals surface area contributed by atoms with E-state index in [1.165, 1.54) is 6.92 Å². The summed E-state index contributed by atoms with van der Waals surface area (Å²) in [6, 6.07) is 7.61. The molecule has 2 aromatic rings. The summed E-state index contributed by atoms with van der Waals surface area (Å²) in [7, 11) is 5.82. The fourth-order valence-corrected chi connectivity index (χ4v) is 1.84. The van der Waals surface area contributed by atoms with Gasteiger partial charge in [-0.05, 0) is 26.0 Å². The zero-order valence-corrected chi connectivity index (χ0v) is 11.3. The minimum atomic E-state index is -0.132. The van der Waals surface area contributed by atoms with E-state index in [-0.39, 0.29) is 11.4 Å². The Morgan fingerprint density at radius 2 is 2.00 bits per heavy atom. The largest absolute Gasteiger partial charge is 0.440 e. The van der Waals surface area contributed by atoms with E-state index in [2.05, 4.69) is 4.98 Å². The van der Waals surface area contributed by atoms with Gasteiger partial charge in [0, 0.05) is 19.1 Å². The molecular formula is C14H15BN2O2. The molecule has 96 valence electrons. The first kappa shape index (κ1) is 13.4. The highest BCUT2D eigenvalue weighted by Gasteiger charge is 2.17. The molecule has 0 fully saturated rings. The number of rotatable bonds is 4. The maximum absolute atomic E-state index is 11.5. The fourth-order valence-electron chi connectivity index (χ4n) is 1.84. The molecular weight excluding hydrogens is 239 g/mol. The third-order valence-corrected chi connectivity index (χ3v) is 2.81. The lowest BCUT2D eigenvalue weighted by molar-refractivity contribution is 0.0998. The average molecular weight is 254 g/mol. The number of ether oxygens (including phenoxy) is 1. The Labute approximate surface area is 113 Å². The summed E-state index contributed by atoms with van der Waals surface area (Å²) in [5, 5.41) is 0. The molecule has 0 atom stereocenters. The first-order valence-electron chi connectivity index (χ1n) is 6.14. The van der Waals surface area contributed by atoms with Crippen molar-refractivity contribution in [3.05, 3.63) is 35.7 Å². The standard InChI is InChI=1S/C14H15BN2O2/c1-4-17-13(10(3)18)16-12(15)14(17)19-11-7-5-9(2)6-8-11/h5-8H,4H2,1-3H3. The minimum absolute atomic E-state index is 0.132. The van der Waals surface area contributed by atoms with Crippen LogP contribution in [0.25, 0.3) is 0 Å². The average Bonchev–Trinajstić information content (AvgIpc) is 2.69. The van der Waals surface area contributed by atoms with Crippen LogP contribution in [0.15, 0.2) is 24.3 Å². The van der Waals surface area contributed by atoms with Crippen molar-refractivity contribution in [3.8, 4) is 11.6 Å². The summed E-state index contributed by atoms with van der Waals surface area (Å²) >= 11 is 0. The molecule has 0 N–H and O–H groups in total. The monoisotopic (exact) mass is 254 g/mol. The Hall–Kier alpha value is -2.04. The van der Waals surface area contributed by atoms with Crippen LogP contribution in [0.2, 0.25) is 0 Å². The number of benzene rings is 1. The number of aryl methyl sites for hydroxylation is 1. The Balaban J connectivity index is 2.39. The van der Waals surface area contributed by atoms with E-state index >= 15 is 0 Å². The van der Waals surface area contributed by atoms with Gasteiger partial charge in [0.2, 0.25) is 5.88 Å². The molecule has 0 saturated carbocycles. The normalized spacial score (nSPS) is 10.5. The Kier molecular flexibility index (Phi) is 3.74. The first-order chi connectivity index (χ1) is 9.02. The first-order valence-corrected chi connectivity index (χ1v) is 6.14. The lowest BCUT2D eigenvalue weighted by Gasteiger charge is -2.10. The molecule has 0 aliphatic heterocycles. The van der Waals surface area contributed by atoms with Gasteiger partial charge in [0.15, 0.2) is 11.6 Å². The molecule has 0 bridgehead atoms. The van der Waals surface area contributed by atoms with Gasteiger partial charge < -0.3 is 4.74 Å². The topological polar surface area (TPSA) is 44.1 Å². The van der Waals surface area contributed by atoms with Gasteiger partial charge in [-0.3, -0.25) is 9.36 Å². The van der Waals surface area contributed by atoms with Gasteiger partial charge >= 0.3 is 0 Å². The number of aromatic nitrogens is 2. The van der Waals surface area contributed by atoms with E-state index in [9.17, 15) is 4.79 Å². The quantitative estimate of drug-likeness (QED) is 0.619. The zero-order chi connectivity index (χ0) is 14.0. The predicted octanol–water partition coefficient (Wildman–Crippen LogP) is 2.00. The Morgan fingerprint density at radius 3 is 2.53 bits per heavy atom. The number of carbonyl (C=O) groups is 1. The SMILES string of the molecule is [B]c1nc(C(C)=O)n(CC)c1Oc1ccc(C)cc1.